The van der Waals surface area contributed by atoms with E-state index >= 15 is 0 Å². The minimum absolute atomic E-state index is 0.0129. The van der Waals surface area contributed by atoms with Gasteiger partial charge in [0.15, 0.2) is 6.10 Å². The van der Waals surface area contributed by atoms with Gasteiger partial charge in [0.1, 0.15) is 19.8 Å². The molecular weight excluding hydrogens is 741 g/mol. The molecule has 0 spiro atoms. The van der Waals surface area contributed by atoms with Gasteiger partial charge in [-0.3, -0.25) is 18.6 Å². The van der Waals surface area contributed by atoms with E-state index < -0.39 is 32.5 Å². The number of quaternary nitrogens is 1. The number of phosphoric ester groups is 1. The maximum atomic E-state index is 12.7. The molecule has 0 rings (SSSR count). The van der Waals surface area contributed by atoms with E-state index in [4.69, 9.17) is 18.5 Å². The molecule has 0 aromatic heterocycles. The lowest BCUT2D eigenvalue weighted by molar-refractivity contribution is -0.870. The van der Waals surface area contributed by atoms with Crippen molar-refractivity contribution in [1.29, 1.82) is 0 Å². The van der Waals surface area contributed by atoms with Gasteiger partial charge in [-0.15, -0.1) is 0 Å². The average molecular weight is 827 g/mol. The Balaban J connectivity index is 4.49. The van der Waals surface area contributed by atoms with E-state index in [1.165, 1.54) is 77.0 Å². The van der Waals surface area contributed by atoms with Gasteiger partial charge < -0.3 is 24.0 Å². The normalized spacial score (nSPS) is 14.6. The summed E-state index contributed by atoms with van der Waals surface area (Å²) < 4.78 is 34.2. The van der Waals surface area contributed by atoms with E-state index in [9.17, 15) is 24.2 Å². The van der Waals surface area contributed by atoms with Crippen LogP contribution in [0.4, 0.5) is 0 Å². The zero-order valence-electron chi connectivity index (χ0n) is 36.9. The van der Waals surface area contributed by atoms with Gasteiger partial charge in [0.05, 0.1) is 33.9 Å². The molecule has 0 aliphatic heterocycles. The quantitative estimate of drug-likeness (QED) is 0.0155. The highest BCUT2D eigenvalue weighted by Crippen LogP contribution is 2.43. The number of hydrogen-bond donors (Lipinski definition) is 2. The molecule has 332 valence electrons. The molecule has 1 unspecified atom stereocenters. The van der Waals surface area contributed by atoms with Gasteiger partial charge >= 0.3 is 19.8 Å². The molecule has 0 heterocycles. The van der Waals surface area contributed by atoms with Gasteiger partial charge in [-0.25, -0.2) is 4.57 Å². The Morgan fingerprint density at radius 2 is 1.16 bits per heavy atom. The van der Waals surface area contributed by atoms with Crippen LogP contribution in [-0.4, -0.2) is 86.1 Å². The molecule has 10 nitrogen and oxygen atoms in total. The van der Waals surface area contributed by atoms with Crippen LogP contribution in [0.2, 0.25) is 0 Å². The summed E-state index contributed by atoms with van der Waals surface area (Å²) in [5.74, 6) is -0.888. The third-order valence-corrected chi connectivity index (χ3v) is 10.5. The largest absolute Gasteiger partial charge is 0.472 e. The summed E-state index contributed by atoms with van der Waals surface area (Å²) in [6, 6.07) is 0. The third kappa shape index (κ3) is 41.9. The maximum absolute atomic E-state index is 12.7. The molecule has 0 aliphatic rings. The summed E-state index contributed by atoms with van der Waals surface area (Å²) in [4.78, 5) is 35.3. The summed E-state index contributed by atoms with van der Waals surface area (Å²) in [5, 5.41) is 9.91. The molecule has 0 saturated carbocycles. The van der Waals surface area contributed by atoms with Crippen LogP contribution in [0, 0.1) is 0 Å². The van der Waals surface area contributed by atoms with Crippen molar-refractivity contribution < 1.29 is 47.2 Å². The molecule has 2 N–H and O–H groups in total. The van der Waals surface area contributed by atoms with Crippen molar-refractivity contribution in [1.82, 2.24) is 0 Å². The van der Waals surface area contributed by atoms with E-state index in [2.05, 4.69) is 26.0 Å². The molecular formula is C46H85NO9P+. The highest BCUT2D eigenvalue weighted by atomic mass is 31.2. The fourth-order valence-corrected chi connectivity index (χ4v) is 6.62. The minimum Gasteiger partial charge on any atom is -0.462 e. The maximum Gasteiger partial charge on any atom is 0.472 e. The lowest BCUT2D eigenvalue weighted by Crippen LogP contribution is -2.37. The molecule has 0 aromatic carbocycles. The second-order valence-electron chi connectivity index (χ2n) is 16.3. The predicted octanol–water partition coefficient (Wildman–Crippen LogP) is 11.7. The standard InChI is InChI=1S/C46H84NO9P/c1-6-8-10-11-12-13-14-15-16-17-20-23-26-29-33-37-45(49)53-41-44(42-55-57(51,52)54-40-39-47(3,4)5)56-46(50)38-34-30-27-24-21-18-19-22-25-28-32-36-43(48)35-31-9-7-2/h18-19,24-25,27-28,32,36,43-44,48H,6-17,20-23,26,29-31,33-35,37-42H2,1-5H3/p+1/b19-18-,27-24-,28-25-,36-32+/t43-,44+/m0/s1. The smallest absolute Gasteiger partial charge is 0.462 e. The van der Waals surface area contributed by atoms with Crippen LogP contribution in [-0.2, 0) is 32.7 Å². The summed E-state index contributed by atoms with van der Waals surface area (Å²) in [6.45, 7) is 4.22. The van der Waals surface area contributed by atoms with E-state index in [1.807, 2.05) is 57.6 Å². The number of phosphoric acid groups is 1. The van der Waals surface area contributed by atoms with Gasteiger partial charge in [-0.2, -0.15) is 0 Å². The SMILES string of the molecule is CCCCCCCCCCCCCCCCCC(=O)OC[C@H](COP(=O)(O)OCC[N+](C)(C)C)OC(=O)CCC/C=C\C/C=C\C/C=C\C=C\[C@@H](O)CCCCC. The Morgan fingerprint density at radius 1 is 0.632 bits per heavy atom. The van der Waals surface area contributed by atoms with Crippen LogP contribution in [0.3, 0.4) is 0 Å². The molecule has 0 aliphatic carbocycles. The lowest BCUT2D eigenvalue weighted by Gasteiger charge is -2.24. The Hall–Kier alpha value is -2.07. The highest BCUT2D eigenvalue weighted by Gasteiger charge is 2.27. The van der Waals surface area contributed by atoms with Crippen LogP contribution in [0.15, 0.2) is 48.6 Å². The number of unbranched alkanes of at least 4 members (excludes halogenated alkanes) is 17. The third-order valence-electron chi connectivity index (χ3n) is 9.47. The molecule has 0 bridgehead atoms. The first-order chi connectivity index (χ1) is 27.4. The first-order valence-corrected chi connectivity index (χ1v) is 24.0. The van der Waals surface area contributed by atoms with Crippen molar-refractivity contribution in [3.05, 3.63) is 48.6 Å². The van der Waals surface area contributed by atoms with Crippen LogP contribution in [0.25, 0.3) is 0 Å². The fraction of sp³-hybridized carbons (Fsp3) is 0.783. The number of aliphatic hydroxyl groups excluding tert-OH is 1. The Morgan fingerprint density at radius 3 is 1.75 bits per heavy atom. The van der Waals surface area contributed by atoms with Crippen LogP contribution >= 0.6 is 7.82 Å². The van der Waals surface area contributed by atoms with Gasteiger partial charge in [0.25, 0.3) is 0 Å². The van der Waals surface area contributed by atoms with Crippen LogP contribution < -0.4 is 0 Å². The number of nitrogens with zero attached hydrogens (tertiary/aromatic N) is 1. The first kappa shape index (κ1) is 54.9. The predicted molar refractivity (Wildman–Crippen MR) is 235 cm³/mol. The van der Waals surface area contributed by atoms with E-state index in [0.717, 1.165) is 57.8 Å². The van der Waals surface area contributed by atoms with Crippen LogP contribution in [0.5, 0.6) is 0 Å². The number of aliphatic hydroxyl groups is 1. The molecule has 11 heteroatoms. The number of hydrogen-bond acceptors (Lipinski definition) is 8. The number of esters is 2. The minimum atomic E-state index is -4.40. The van der Waals surface area contributed by atoms with E-state index in [-0.39, 0.29) is 32.2 Å². The van der Waals surface area contributed by atoms with Gasteiger partial charge in [-0.1, -0.05) is 172 Å². The van der Waals surface area contributed by atoms with Crippen molar-refractivity contribution in [2.75, 3.05) is 47.5 Å². The Kier molecular flexibility index (Phi) is 36.8. The number of carbonyl (C=O) groups is 2. The number of likely N-dealkylation sites (N-methyl/N-ethyl adjacent to an activating group) is 1. The summed E-state index contributed by atoms with van der Waals surface area (Å²) >= 11 is 0. The van der Waals surface area contributed by atoms with Crippen LogP contribution in [0.1, 0.15) is 174 Å². The Labute approximate surface area is 348 Å². The topological polar surface area (TPSA) is 129 Å². The summed E-state index contributed by atoms with van der Waals surface area (Å²) in [7, 11) is 1.41. The van der Waals surface area contributed by atoms with Crippen molar-refractivity contribution in [2.45, 2.75) is 187 Å². The van der Waals surface area contributed by atoms with Gasteiger partial charge in [0, 0.05) is 12.8 Å². The number of rotatable bonds is 40. The zero-order chi connectivity index (χ0) is 42.3. The molecule has 0 fully saturated rings. The van der Waals surface area contributed by atoms with Crippen molar-refractivity contribution in [2.24, 2.45) is 0 Å². The summed E-state index contributed by atoms with van der Waals surface area (Å²) in [5.41, 5.74) is 0. The monoisotopic (exact) mass is 827 g/mol. The molecule has 3 atom stereocenters. The average Bonchev–Trinajstić information content (AvgIpc) is 3.15. The van der Waals surface area contributed by atoms with Gasteiger partial charge in [-0.05, 0) is 38.5 Å². The molecule has 0 radical (unpaired) electrons. The van der Waals surface area contributed by atoms with E-state index in [1.54, 1.807) is 0 Å². The number of allylic oxidation sites excluding steroid dienone is 7. The molecule has 0 saturated heterocycles. The number of carbonyl (C=O) groups excluding carboxylic acids is 2. The highest BCUT2D eigenvalue weighted by molar-refractivity contribution is 7.47. The second kappa shape index (κ2) is 38.2. The van der Waals surface area contributed by atoms with Crippen molar-refractivity contribution in [3.8, 4) is 0 Å². The lowest BCUT2D eigenvalue weighted by atomic mass is 10.0. The molecule has 57 heavy (non-hydrogen) atoms. The Bertz CT molecular complexity index is 1130. The summed E-state index contributed by atoms with van der Waals surface area (Å²) in [6.07, 6.45) is 40.6. The number of ether oxygens (including phenoxy) is 2. The van der Waals surface area contributed by atoms with E-state index in [0.29, 0.717) is 23.9 Å². The van der Waals surface area contributed by atoms with Gasteiger partial charge in [0.2, 0.25) is 0 Å². The zero-order valence-corrected chi connectivity index (χ0v) is 37.8. The fourth-order valence-electron chi connectivity index (χ4n) is 5.88. The first-order valence-electron chi connectivity index (χ1n) is 22.5. The van der Waals surface area contributed by atoms with Crippen molar-refractivity contribution >= 4 is 19.8 Å². The van der Waals surface area contributed by atoms with Crippen molar-refractivity contribution in [3.63, 3.8) is 0 Å². The molecule has 0 amide bonds. The second-order valence-corrected chi connectivity index (χ2v) is 17.7. The molecule has 0 aromatic rings.